The van der Waals surface area contributed by atoms with E-state index in [4.69, 9.17) is 6.57 Å². The molecule has 0 unspecified atom stereocenters. The van der Waals surface area contributed by atoms with Gasteiger partial charge in [-0.05, 0) is 100 Å². The third kappa shape index (κ3) is 5.53. The molecule has 0 saturated carbocycles. The first-order valence-electron chi connectivity index (χ1n) is 25.2. The van der Waals surface area contributed by atoms with Crippen molar-refractivity contribution >= 4 is 107 Å². The minimum atomic E-state index is -2.80. The molecule has 6 heteroatoms. The fourth-order valence-electron chi connectivity index (χ4n) is 13.4. The van der Waals surface area contributed by atoms with Crippen molar-refractivity contribution in [2.24, 2.45) is 0 Å². The Morgan fingerprint density at radius 1 is 0.338 bits per heavy atom. The summed E-state index contributed by atoms with van der Waals surface area (Å²) >= 11 is 0. The van der Waals surface area contributed by atoms with E-state index in [0.29, 0.717) is 11.3 Å². The van der Waals surface area contributed by atoms with Gasteiger partial charge >= 0.3 is 0 Å². The second kappa shape index (κ2) is 16.0. The summed E-state index contributed by atoms with van der Waals surface area (Å²) in [6, 6.07) is 96.0. The van der Waals surface area contributed by atoms with Gasteiger partial charge in [-0.2, -0.15) is 5.26 Å². The second-order valence-electron chi connectivity index (χ2n) is 19.7. The van der Waals surface area contributed by atoms with Gasteiger partial charge in [0.25, 0.3) is 0 Å². The van der Waals surface area contributed by atoms with Crippen LogP contribution in [0.3, 0.4) is 0 Å². The summed E-state index contributed by atoms with van der Waals surface area (Å²) in [5.74, 6) is 0. The Kier molecular flexibility index (Phi) is 9.09. The lowest BCUT2D eigenvalue weighted by Gasteiger charge is -2.31. The molecule has 2 aliphatic rings. The maximum absolute atomic E-state index is 11.2. The zero-order valence-electron chi connectivity index (χ0n) is 40.0. The van der Waals surface area contributed by atoms with Gasteiger partial charge in [-0.15, -0.1) is 0 Å². The Balaban J connectivity index is 1.02. The first kappa shape index (κ1) is 42.1. The standard InChI is InChI=1S/C68H42N4Si2/c1-70-58-38-45(44-69)61(71-59-34-18-14-30-50(59)54-41-67-56(39-62(54)71)52-32-16-20-36-65(52)73(67,46-22-6-2-7-23-46)47-24-8-3-9-25-47)43-64(58)72-60-35-19-15-31-51(60)55-42-68-57(40-63(55)72)53-33-17-21-37-66(53)74(68,48-26-10-4-11-27-48)49-28-12-5-13-29-49/h2-43H. The van der Waals surface area contributed by atoms with Crippen LogP contribution in [0.1, 0.15) is 5.56 Å². The van der Waals surface area contributed by atoms with E-state index in [-0.39, 0.29) is 0 Å². The highest BCUT2D eigenvalue weighted by Gasteiger charge is 2.50. The predicted octanol–water partition coefficient (Wildman–Crippen LogP) is 11.0. The molecule has 0 radical (unpaired) electrons. The van der Waals surface area contributed by atoms with Crippen molar-refractivity contribution in [3.63, 3.8) is 0 Å². The van der Waals surface area contributed by atoms with Crippen molar-refractivity contribution in [1.29, 1.82) is 5.26 Å². The minimum absolute atomic E-state index is 0.420. The Hall–Kier alpha value is -9.57. The third-order valence-electron chi connectivity index (χ3n) is 16.3. The van der Waals surface area contributed by atoms with Gasteiger partial charge in [-0.25, -0.2) is 4.85 Å². The number of benzene rings is 11. The molecule has 0 atom stereocenters. The lowest BCUT2D eigenvalue weighted by molar-refractivity contribution is 1.13. The van der Waals surface area contributed by atoms with Crippen LogP contribution in [0.2, 0.25) is 0 Å². The fraction of sp³-hybridized carbons (Fsp3) is 0. The van der Waals surface area contributed by atoms with E-state index >= 15 is 0 Å². The smallest absolute Gasteiger partial charge is 0.212 e. The number of hydrogen-bond acceptors (Lipinski definition) is 1. The molecule has 4 heterocycles. The molecule has 13 aromatic rings. The van der Waals surface area contributed by atoms with E-state index in [0.717, 1.165) is 55.0 Å². The van der Waals surface area contributed by atoms with E-state index in [2.05, 4.69) is 269 Å². The van der Waals surface area contributed by atoms with Gasteiger partial charge in [0.1, 0.15) is 0 Å². The van der Waals surface area contributed by atoms with E-state index in [1.807, 2.05) is 6.07 Å². The summed E-state index contributed by atoms with van der Waals surface area (Å²) in [5, 5.41) is 26.6. The normalized spacial score (nSPS) is 13.6. The summed E-state index contributed by atoms with van der Waals surface area (Å²) in [6.07, 6.45) is 0. The average molecular weight is 971 g/mol. The van der Waals surface area contributed by atoms with Gasteiger partial charge in [-0.1, -0.05) is 218 Å². The SMILES string of the molecule is [C-]#[N+]c1cc(C#N)c(-n2c3ccccc3c3cc4c(cc32)-c2ccccc2[Si]4(c2ccccc2)c2ccccc2)cc1-n1c2ccccc2c2cc3c(cc21)-c1ccccc1[Si]3(c1ccccc1)c1ccccc1. The summed E-state index contributed by atoms with van der Waals surface area (Å²) in [5.41, 5.74) is 11.3. The number of aromatic nitrogens is 2. The Morgan fingerprint density at radius 2 is 0.716 bits per heavy atom. The lowest BCUT2D eigenvalue weighted by Crippen LogP contribution is -2.72. The van der Waals surface area contributed by atoms with Crippen molar-refractivity contribution in [1.82, 2.24) is 9.13 Å². The number of rotatable bonds is 6. The number of hydrogen-bond donors (Lipinski definition) is 0. The molecular weight excluding hydrogens is 929 g/mol. The molecule has 342 valence electrons. The van der Waals surface area contributed by atoms with Crippen LogP contribution in [0, 0.1) is 17.9 Å². The Labute approximate surface area is 430 Å². The van der Waals surface area contributed by atoms with Crippen molar-refractivity contribution in [2.75, 3.05) is 0 Å². The lowest BCUT2D eigenvalue weighted by atomic mass is 10.0. The summed E-state index contributed by atoms with van der Waals surface area (Å²) in [7, 11) is -5.60. The van der Waals surface area contributed by atoms with E-state index in [1.54, 1.807) is 0 Å². The molecule has 0 saturated heterocycles. The molecule has 0 spiro atoms. The monoisotopic (exact) mass is 970 g/mol. The van der Waals surface area contributed by atoms with Crippen molar-refractivity contribution < 1.29 is 0 Å². The molecule has 0 aliphatic carbocycles. The van der Waals surface area contributed by atoms with Crippen molar-refractivity contribution in [2.45, 2.75) is 0 Å². The molecule has 0 bridgehead atoms. The number of nitriles is 1. The van der Waals surface area contributed by atoms with E-state index in [1.165, 1.54) is 63.7 Å². The first-order valence-corrected chi connectivity index (χ1v) is 29.2. The average Bonchev–Trinajstić information content (AvgIpc) is 4.18. The maximum atomic E-state index is 11.2. The van der Waals surface area contributed by atoms with Gasteiger partial charge in [0, 0.05) is 21.5 Å². The molecule has 11 aromatic carbocycles. The molecule has 0 N–H and O–H groups in total. The minimum Gasteiger partial charge on any atom is -0.319 e. The molecule has 15 rings (SSSR count). The quantitative estimate of drug-likeness (QED) is 0.121. The molecule has 74 heavy (non-hydrogen) atoms. The van der Waals surface area contributed by atoms with Crippen LogP contribution in [0.15, 0.2) is 255 Å². The Bertz CT molecular complexity index is 4190. The maximum Gasteiger partial charge on any atom is 0.212 e. The Morgan fingerprint density at radius 3 is 1.14 bits per heavy atom. The fourth-order valence-corrected chi connectivity index (χ4v) is 23.8. The molecule has 0 fully saturated rings. The topological polar surface area (TPSA) is 38.0 Å². The molecule has 0 amide bonds. The number of fused-ring (bicyclic) bond motifs is 12. The van der Waals surface area contributed by atoms with Gasteiger partial charge in [0.05, 0.1) is 51.6 Å². The van der Waals surface area contributed by atoms with Crippen LogP contribution in [0.4, 0.5) is 5.69 Å². The van der Waals surface area contributed by atoms with Crippen molar-refractivity contribution in [3.8, 4) is 39.7 Å². The first-order chi connectivity index (χ1) is 36.6. The summed E-state index contributed by atoms with van der Waals surface area (Å²) in [6.45, 7) is 8.78. The third-order valence-corrected chi connectivity index (χ3v) is 26.0. The van der Waals surface area contributed by atoms with Crippen LogP contribution >= 0.6 is 0 Å². The zero-order chi connectivity index (χ0) is 49.1. The molecular formula is C68H42N4Si2. The van der Waals surface area contributed by atoms with Crippen LogP contribution < -0.4 is 41.5 Å². The van der Waals surface area contributed by atoms with E-state index < -0.39 is 16.1 Å². The summed E-state index contributed by atoms with van der Waals surface area (Å²) in [4.78, 5) is 4.23. The van der Waals surface area contributed by atoms with Gasteiger partial charge < -0.3 is 9.13 Å². The molecule has 4 nitrogen and oxygen atoms in total. The largest absolute Gasteiger partial charge is 0.319 e. The number of nitrogens with zero attached hydrogens (tertiary/aromatic N) is 4. The second-order valence-corrected chi connectivity index (χ2v) is 27.1. The van der Waals surface area contributed by atoms with Gasteiger partial charge in [0.2, 0.25) is 5.69 Å². The highest BCUT2D eigenvalue weighted by atomic mass is 28.3. The van der Waals surface area contributed by atoms with Gasteiger partial charge in [-0.3, -0.25) is 0 Å². The van der Waals surface area contributed by atoms with Crippen molar-refractivity contribution in [3.05, 3.63) is 272 Å². The van der Waals surface area contributed by atoms with E-state index in [9.17, 15) is 5.26 Å². The number of para-hydroxylation sites is 2. The van der Waals surface area contributed by atoms with Gasteiger partial charge in [0.15, 0.2) is 16.1 Å². The highest BCUT2D eigenvalue weighted by molar-refractivity contribution is 7.23. The van der Waals surface area contributed by atoms with Crippen LogP contribution in [0.5, 0.6) is 0 Å². The highest BCUT2D eigenvalue weighted by Crippen LogP contribution is 2.43. The molecule has 2 aromatic heterocycles. The predicted molar refractivity (Wildman–Crippen MR) is 311 cm³/mol. The van der Waals surface area contributed by atoms with Crippen LogP contribution in [-0.4, -0.2) is 25.3 Å². The van der Waals surface area contributed by atoms with Crippen LogP contribution in [-0.2, 0) is 0 Å². The van der Waals surface area contributed by atoms with Crippen LogP contribution in [0.25, 0.3) is 82.1 Å². The zero-order valence-corrected chi connectivity index (χ0v) is 42.0. The molecule has 2 aliphatic heterocycles. The summed E-state index contributed by atoms with van der Waals surface area (Å²) < 4.78 is 4.58.